The number of aryl methyl sites for hydroxylation is 2. The lowest BCUT2D eigenvalue weighted by atomic mass is 10.1. The molecule has 21 heavy (non-hydrogen) atoms. The molecular weight excluding hydrogens is 276 g/mol. The van der Waals surface area contributed by atoms with Gasteiger partial charge in [-0.15, -0.1) is 0 Å². The van der Waals surface area contributed by atoms with Crippen LogP contribution in [-0.4, -0.2) is 15.9 Å². The molecule has 0 aliphatic carbocycles. The summed E-state index contributed by atoms with van der Waals surface area (Å²) >= 11 is 0. The van der Waals surface area contributed by atoms with E-state index in [0.717, 1.165) is 5.56 Å². The van der Waals surface area contributed by atoms with Crippen LogP contribution >= 0.6 is 0 Å². The Labute approximate surface area is 120 Å². The largest absolute Gasteiger partial charge is 0.488 e. The molecular formula is C14H14N2O5. The molecule has 0 aliphatic heterocycles. The van der Waals surface area contributed by atoms with Crippen LogP contribution in [0, 0.1) is 24.0 Å². The number of carbonyl (C=O) groups is 1. The summed E-state index contributed by atoms with van der Waals surface area (Å²) < 4.78 is 10.6. The van der Waals surface area contributed by atoms with Gasteiger partial charge in [0.2, 0.25) is 0 Å². The molecule has 0 unspecified atom stereocenters. The molecule has 7 nitrogen and oxygen atoms in total. The molecule has 2 rings (SSSR count). The molecule has 110 valence electrons. The SMILES string of the molecule is CC(=O)c1cc([N+](=O)[O-])ccc1OCc1c(C)noc1C. The van der Waals surface area contributed by atoms with Crippen molar-refractivity contribution in [1.82, 2.24) is 5.16 Å². The minimum Gasteiger partial charge on any atom is -0.488 e. The topological polar surface area (TPSA) is 95.5 Å². The fourth-order valence-electron chi connectivity index (χ4n) is 1.89. The number of nitro groups is 1. The van der Waals surface area contributed by atoms with Crippen molar-refractivity contribution in [2.75, 3.05) is 0 Å². The molecule has 1 aromatic heterocycles. The van der Waals surface area contributed by atoms with Crippen molar-refractivity contribution >= 4 is 11.5 Å². The molecule has 0 amide bonds. The molecule has 0 saturated carbocycles. The van der Waals surface area contributed by atoms with Crippen molar-refractivity contribution in [3.8, 4) is 5.75 Å². The van der Waals surface area contributed by atoms with Crippen molar-refractivity contribution in [2.45, 2.75) is 27.4 Å². The smallest absolute Gasteiger partial charge is 0.270 e. The lowest BCUT2D eigenvalue weighted by Crippen LogP contribution is -2.04. The quantitative estimate of drug-likeness (QED) is 0.477. The average molecular weight is 290 g/mol. The third-order valence-electron chi connectivity index (χ3n) is 3.11. The Morgan fingerprint density at radius 3 is 2.67 bits per heavy atom. The van der Waals surface area contributed by atoms with Gasteiger partial charge < -0.3 is 9.26 Å². The van der Waals surface area contributed by atoms with E-state index in [4.69, 9.17) is 9.26 Å². The summed E-state index contributed by atoms with van der Waals surface area (Å²) in [5.74, 6) is 0.638. The van der Waals surface area contributed by atoms with Crippen molar-refractivity contribution in [1.29, 1.82) is 0 Å². The van der Waals surface area contributed by atoms with Gasteiger partial charge in [-0.1, -0.05) is 5.16 Å². The Balaban J connectivity index is 2.28. The summed E-state index contributed by atoms with van der Waals surface area (Å²) in [6.45, 7) is 5.07. The fraction of sp³-hybridized carbons (Fsp3) is 0.286. The first-order chi connectivity index (χ1) is 9.90. The van der Waals surface area contributed by atoms with E-state index in [1.54, 1.807) is 13.8 Å². The predicted molar refractivity (Wildman–Crippen MR) is 73.4 cm³/mol. The van der Waals surface area contributed by atoms with E-state index in [0.29, 0.717) is 17.2 Å². The Bertz CT molecular complexity index is 686. The third-order valence-corrected chi connectivity index (χ3v) is 3.11. The number of aromatic nitrogens is 1. The van der Waals surface area contributed by atoms with E-state index in [1.807, 2.05) is 0 Å². The molecule has 7 heteroatoms. The van der Waals surface area contributed by atoms with Crippen molar-refractivity contribution < 1.29 is 19.0 Å². The van der Waals surface area contributed by atoms with E-state index in [-0.39, 0.29) is 23.6 Å². The maximum atomic E-state index is 11.6. The second-order valence-electron chi connectivity index (χ2n) is 4.59. The van der Waals surface area contributed by atoms with Gasteiger partial charge in [0, 0.05) is 12.1 Å². The van der Waals surface area contributed by atoms with Crippen LogP contribution in [0.2, 0.25) is 0 Å². The van der Waals surface area contributed by atoms with Crippen molar-refractivity contribution in [3.63, 3.8) is 0 Å². The zero-order valence-electron chi connectivity index (χ0n) is 11.9. The number of rotatable bonds is 5. The second-order valence-corrected chi connectivity index (χ2v) is 4.59. The van der Waals surface area contributed by atoms with Crippen LogP contribution in [0.3, 0.4) is 0 Å². The minimum absolute atomic E-state index is 0.148. The summed E-state index contributed by atoms with van der Waals surface area (Å²) in [4.78, 5) is 21.8. The lowest BCUT2D eigenvalue weighted by molar-refractivity contribution is -0.384. The molecule has 2 aromatic rings. The van der Waals surface area contributed by atoms with Crippen LogP contribution < -0.4 is 4.74 Å². The molecule has 0 saturated heterocycles. The first-order valence-corrected chi connectivity index (χ1v) is 6.24. The number of nitrogens with zero attached hydrogens (tertiary/aromatic N) is 2. The van der Waals surface area contributed by atoms with Gasteiger partial charge in [0.25, 0.3) is 5.69 Å². The van der Waals surface area contributed by atoms with E-state index in [9.17, 15) is 14.9 Å². The molecule has 0 atom stereocenters. The zero-order valence-corrected chi connectivity index (χ0v) is 11.9. The normalized spacial score (nSPS) is 10.4. The highest BCUT2D eigenvalue weighted by Crippen LogP contribution is 2.26. The average Bonchev–Trinajstić information content (AvgIpc) is 2.75. The molecule has 1 heterocycles. The first kappa shape index (κ1) is 14.7. The number of ketones is 1. The third kappa shape index (κ3) is 3.07. The molecule has 0 bridgehead atoms. The van der Waals surface area contributed by atoms with Crippen LogP contribution in [0.1, 0.15) is 34.3 Å². The highest BCUT2D eigenvalue weighted by atomic mass is 16.6. The monoisotopic (exact) mass is 290 g/mol. The van der Waals surface area contributed by atoms with Gasteiger partial charge in [0.15, 0.2) is 5.78 Å². The van der Waals surface area contributed by atoms with Gasteiger partial charge >= 0.3 is 0 Å². The van der Waals surface area contributed by atoms with Crippen molar-refractivity contribution in [2.24, 2.45) is 0 Å². The molecule has 0 N–H and O–H groups in total. The van der Waals surface area contributed by atoms with Gasteiger partial charge in [0.05, 0.1) is 21.7 Å². The number of carbonyl (C=O) groups excluding carboxylic acids is 1. The minimum atomic E-state index is -0.551. The Kier molecular flexibility index (Phi) is 4.02. The van der Waals surface area contributed by atoms with Crippen molar-refractivity contribution in [3.05, 3.63) is 50.9 Å². The highest BCUT2D eigenvalue weighted by molar-refractivity contribution is 5.97. The second kappa shape index (κ2) is 5.74. The summed E-state index contributed by atoms with van der Waals surface area (Å²) in [7, 11) is 0. The number of non-ortho nitro benzene ring substituents is 1. The summed E-state index contributed by atoms with van der Waals surface area (Å²) in [6.07, 6.45) is 0. The van der Waals surface area contributed by atoms with Crippen LogP contribution in [-0.2, 0) is 6.61 Å². The van der Waals surface area contributed by atoms with E-state index in [1.165, 1.54) is 25.1 Å². The molecule has 0 spiro atoms. The standard InChI is InChI=1S/C14H14N2O5/c1-8-13(10(3)21-15-8)7-20-14-5-4-11(16(18)19)6-12(14)9(2)17/h4-6H,7H2,1-3H3. The molecule has 0 aliphatic rings. The summed E-state index contributed by atoms with van der Waals surface area (Å²) in [6, 6.07) is 3.94. The van der Waals surface area contributed by atoms with Gasteiger partial charge in [-0.25, -0.2) is 0 Å². The van der Waals surface area contributed by atoms with E-state index < -0.39 is 4.92 Å². The number of hydrogen-bond acceptors (Lipinski definition) is 6. The van der Waals surface area contributed by atoms with E-state index >= 15 is 0 Å². The highest BCUT2D eigenvalue weighted by Gasteiger charge is 2.16. The number of ether oxygens (including phenoxy) is 1. The Morgan fingerprint density at radius 2 is 2.14 bits per heavy atom. The van der Waals surface area contributed by atoms with Crippen LogP contribution in [0.25, 0.3) is 0 Å². The number of nitro benzene ring substituents is 1. The predicted octanol–water partition coefficient (Wildman–Crippen LogP) is 2.98. The molecule has 0 radical (unpaired) electrons. The van der Waals surface area contributed by atoms with Crippen LogP contribution in [0.5, 0.6) is 5.75 Å². The Morgan fingerprint density at radius 1 is 1.43 bits per heavy atom. The lowest BCUT2D eigenvalue weighted by Gasteiger charge is -2.09. The van der Waals surface area contributed by atoms with E-state index in [2.05, 4.69) is 5.16 Å². The molecule has 0 fully saturated rings. The van der Waals surface area contributed by atoms with Crippen LogP contribution in [0.15, 0.2) is 22.7 Å². The number of benzene rings is 1. The zero-order chi connectivity index (χ0) is 15.6. The van der Waals surface area contributed by atoms with Gasteiger partial charge in [0.1, 0.15) is 18.1 Å². The summed E-state index contributed by atoms with van der Waals surface area (Å²) in [5.41, 5.74) is 1.53. The maximum Gasteiger partial charge on any atom is 0.270 e. The fourth-order valence-corrected chi connectivity index (χ4v) is 1.89. The van der Waals surface area contributed by atoms with Gasteiger partial charge in [-0.3, -0.25) is 14.9 Å². The Hall–Kier alpha value is -2.70. The van der Waals surface area contributed by atoms with Crippen LogP contribution in [0.4, 0.5) is 5.69 Å². The maximum absolute atomic E-state index is 11.6. The first-order valence-electron chi connectivity index (χ1n) is 6.24. The number of hydrogen-bond donors (Lipinski definition) is 0. The number of Topliss-reactive ketones (excluding diaryl/α,β-unsaturated/α-hetero) is 1. The van der Waals surface area contributed by atoms with Gasteiger partial charge in [-0.05, 0) is 26.8 Å². The summed E-state index contributed by atoms with van der Waals surface area (Å²) in [5, 5.41) is 14.6. The molecule has 1 aromatic carbocycles. The van der Waals surface area contributed by atoms with Gasteiger partial charge in [-0.2, -0.15) is 0 Å².